The molecule has 1 aliphatic rings. The molecule has 0 spiro atoms. The minimum absolute atomic E-state index is 0.0611. The summed E-state index contributed by atoms with van der Waals surface area (Å²) in [7, 11) is -2.94. The van der Waals surface area contributed by atoms with E-state index in [9.17, 15) is 13.2 Å². The Morgan fingerprint density at radius 1 is 1.53 bits per heavy atom. The molecule has 1 N–H and O–H groups in total. The molecule has 92 valence electrons. The summed E-state index contributed by atoms with van der Waals surface area (Å²) in [6.45, 7) is 0. The van der Waals surface area contributed by atoms with Gasteiger partial charge in [-0.2, -0.15) is 0 Å². The second-order valence-electron chi connectivity index (χ2n) is 3.96. The Labute approximate surface area is 104 Å². The number of hydrogen-bond donors (Lipinski definition) is 1. The summed E-state index contributed by atoms with van der Waals surface area (Å²) in [6.07, 6.45) is 3.68. The summed E-state index contributed by atoms with van der Waals surface area (Å²) in [5.74, 6) is -0.00135. The van der Waals surface area contributed by atoms with E-state index in [1.165, 1.54) is 6.08 Å². The lowest BCUT2D eigenvalue weighted by Gasteiger charge is -2.07. The lowest BCUT2D eigenvalue weighted by atomic mass is 10.2. The van der Waals surface area contributed by atoms with Crippen molar-refractivity contribution in [1.82, 2.24) is 5.32 Å². The van der Waals surface area contributed by atoms with Crippen LogP contribution in [0.4, 0.5) is 0 Å². The molecular formula is C11H13NO3S2. The second-order valence-corrected chi connectivity index (χ2v) is 7.17. The van der Waals surface area contributed by atoms with Gasteiger partial charge in [0, 0.05) is 17.0 Å². The number of rotatable bonds is 3. The van der Waals surface area contributed by atoms with E-state index in [2.05, 4.69) is 5.32 Å². The first-order valence-corrected chi connectivity index (χ1v) is 7.98. The summed E-state index contributed by atoms with van der Waals surface area (Å²) in [6, 6.07) is 3.58. The number of hydrogen-bond acceptors (Lipinski definition) is 4. The van der Waals surface area contributed by atoms with Crippen molar-refractivity contribution in [3.63, 3.8) is 0 Å². The van der Waals surface area contributed by atoms with Crippen LogP contribution in [0.3, 0.4) is 0 Å². The lowest BCUT2D eigenvalue weighted by Crippen LogP contribution is -2.34. The van der Waals surface area contributed by atoms with E-state index in [0.29, 0.717) is 6.42 Å². The molecule has 0 saturated carbocycles. The maximum atomic E-state index is 11.5. The average Bonchev–Trinajstić information content (AvgIpc) is 2.85. The number of nitrogens with one attached hydrogen (secondary N) is 1. The maximum absolute atomic E-state index is 11.5. The van der Waals surface area contributed by atoms with E-state index in [0.717, 1.165) is 4.88 Å². The Morgan fingerprint density at radius 3 is 2.94 bits per heavy atom. The van der Waals surface area contributed by atoms with Crippen LogP contribution < -0.4 is 5.32 Å². The van der Waals surface area contributed by atoms with Gasteiger partial charge in [-0.15, -0.1) is 11.3 Å². The van der Waals surface area contributed by atoms with Crippen molar-refractivity contribution in [2.45, 2.75) is 12.5 Å². The predicted molar refractivity (Wildman–Crippen MR) is 68.6 cm³/mol. The van der Waals surface area contributed by atoms with Gasteiger partial charge in [0.25, 0.3) is 0 Å². The third-order valence-corrected chi connectivity index (χ3v) is 5.13. The molecule has 1 aliphatic heterocycles. The number of sulfone groups is 1. The molecule has 1 atom stereocenters. The zero-order valence-corrected chi connectivity index (χ0v) is 10.8. The average molecular weight is 271 g/mol. The molecule has 1 amide bonds. The Hall–Kier alpha value is -1.14. The Kier molecular flexibility index (Phi) is 3.63. The Bertz CT molecular complexity index is 517. The van der Waals surface area contributed by atoms with Crippen LogP contribution in [-0.2, 0) is 14.6 Å². The van der Waals surface area contributed by atoms with Gasteiger partial charge >= 0.3 is 0 Å². The zero-order chi connectivity index (χ0) is 12.3. The van der Waals surface area contributed by atoms with Gasteiger partial charge < -0.3 is 5.32 Å². The first-order valence-electron chi connectivity index (χ1n) is 5.28. The van der Waals surface area contributed by atoms with E-state index < -0.39 is 9.84 Å². The summed E-state index contributed by atoms with van der Waals surface area (Å²) < 4.78 is 22.4. The standard InChI is InChI=1S/C11H13NO3S2/c13-11(4-3-10-2-1-6-16-10)12-9-5-7-17(14,15)8-9/h1-4,6,9H,5,7-8H2,(H,12,13). The fourth-order valence-corrected chi connectivity index (χ4v) is 3.99. The van der Waals surface area contributed by atoms with Crippen molar-refractivity contribution in [3.8, 4) is 0 Å². The van der Waals surface area contributed by atoms with Crippen molar-refractivity contribution in [2.75, 3.05) is 11.5 Å². The summed E-state index contributed by atoms with van der Waals surface area (Å²) in [5, 5.41) is 4.63. The van der Waals surface area contributed by atoms with Crippen LogP contribution in [0.2, 0.25) is 0 Å². The Morgan fingerprint density at radius 2 is 2.35 bits per heavy atom. The fourth-order valence-electron chi connectivity index (χ4n) is 1.70. The molecule has 6 heteroatoms. The molecule has 0 aliphatic carbocycles. The monoisotopic (exact) mass is 271 g/mol. The van der Waals surface area contributed by atoms with Gasteiger partial charge in [-0.05, 0) is 23.9 Å². The minimum Gasteiger partial charge on any atom is -0.349 e. The van der Waals surface area contributed by atoms with Gasteiger partial charge in [-0.3, -0.25) is 4.79 Å². The number of thiophene rings is 1. The highest BCUT2D eigenvalue weighted by Gasteiger charge is 2.28. The first kappa shape index (κ1) is 12.3. The lowest BCUT2D eigenvalue weighted by molar-refractivity contribution is -0.116. The molecule has 2 rings (SSSR count). The third-order valence-electron chi connectivity index (χ3n) is 2.52. The van der Waals surface area contributed by atoms with Crippen LogP contribution in [0.5, 0.6) is 0 Å². The molecular weight excluding hydrogens is 258 g/mol. The zero-order valence-electron chi connectivity index (χ0n) is 9.13. The van der Waals surface area contributed by atoms with E-state index in [4.69, 9.17) is 0 Å². The highest BCUT2D eigenvalue weighted by atomic mass is 32.2. The van der Waals surface area contributed by atoms with Gasteiger partial charge in [0.1, 0.15) is 0 Å². The van der Waals surface area contributed by atoms with Crippen molar-refractivity contribution in [2.24, 2.45) is 0 Å². The van der Waals surface area contributed by atoms with E-state index in [1.807, 2.05) is 17.5 Å². The molecule has 1 saturated heterocycles. The summed E-state index contributed by atoms with van der Waals surface area (Å²) >= 11 is 1.54. The molecule has 1 aromatic rings. The van der Waals surface area contributed by atoms with Crippen LogP contribution >= 0.6 is 11.3 Å². The summed E-state index contributed by atoms with van der Waals surface area (Å²) in [5.41, 5.74) is 0. The van der Waals surface area contributed by atoms with Crippen LogP contribution in [0.25, 0.3) is 6.08 Å². The highest BCUT2D eigenvalue weighted by Crippen LogP contribution is 2.12. The second kappa shape index (κ2) is 5.01. The van der Waals surface area contributed by atoms with Crippen LogP contribution in [-0.4, -0.2) is 31.9 Å². The minimum atomic E-state index is -2.94. The number of carbonyl (C=O) groups is 1. The molecule has 17 heavy (non-hydrogen) atoms. The largest absolute Gasteiger partial charge is 0.349 e. The molecule has 0 bridgehead atoms. The van der Waals surface area contributed by atoms with Crippen molar-refractivity contribution >= 4 is 33.2 Å². The van der Waals surface area contributed by atoms with Crippen LogP contribution in [0.1, 0.15) is 11.3 Å². The Balaban J connectivity index is 1.86. The van der Waals surface area contributed by atoms with Gasteiger partial charge in [0.05, 0.1) is 11.5 Å². The van der Waals surface area contributed by atoms with Gasteiger partial charge in [0.2, 0.25) is 5.91 Å². The van der Waals surface area contributed by atoms with Crippen molar-refractivity contribution < 1.29 is 13.2 Å². The quantitative estimate of drug-likeness (QED) is 0.836. The number of carbonyl (C=O) groups excluding carboxylic acids is 1. The molecule has 1 aromatic heterocycles. The van der Waals surface area contributed by atoms with Crippen LogP contribution in [0, 0.1) is 0 Å². The number of amides is 1. The normalized spacial score (nSPS) is 22.9. The molecule has 1 unspecified atom stereocenters. The van der Waals surface area contributed by atoms with Gasteiger partial charge in [0.15, 0.2) is 9.84 Å². The van der Waals surface area contributed by atoms with E-state index in [-0.39, 0.29) is 23.5 Å². The molecule has 2 heterocycles. The van der Waals surface area contributed by atoms with Crippen molar-refractivity contribution in [1.29, 1.82) is 0 Å². The molecule has 0 aromatic carbocycles. The molecule has 0 radical (unpaired) electrons. The summed E-state index contributed by atoms with van der Waals surface area (Å²) in [4.78, 5) is 12.5. The third kappa shape index (κ3) is 3.67. The van der Waals surface area contributed by atoms with Gasteiger partial charge in [-0.1, -0.05) is 6.07 Å². The van der Waals surface area contributed by atoms with Gasteiger partial charge in [-0.25, -0.2) is 8.42 Å². The topological polar surface area (TPSA) is 63.2 Å². The van der Waals surface area contributed by atoms with E-state index >= 15 is 0 Å². The predicted octanol–water partition coefficient (Wildman–Crippen LogP) is 1.06. The molecule has 1 fully saturated rings. The van der Waals surface area contributed by atoms with Crippen molar-refractivity contribution in [3.05, 3.63) is 28.5 Å². The maximum Gasteiger partial charge on any atom is 0.244 e. The SMILES string of the molecule is O=C(C=Cc1cccs1)NC1CCS(=O)(=O)C1. The first-order chi connectivity index (χ1) is 8.05. The van der Waals surface area contributed by atoms with Crippen LogP contribution in [0.15, 0.2) is 23.6 Å². The fraction of sp³-hybridized carbons (Fsp3) is 0.364. The smallest absolute Gasteiger partial charge is 0.244 e. The molecule has 4 nitrogen and oxygen atoms in total. The highest BCUT2D eigenvalue weighted by molar-refractivity contribution is 7.91. The van der Waals surface area contributed by atoms with E-state index in [1.54, 1.807) is 17.4 Å².